The topological polar surface area (TPSA) is 89.7 Å². The van der Waals surface area contributed by atoms with E-state index < -0.39 is 21.2 Å². The van der Waals surface area contributed by atoms with Crippen molar-refractivity contribution < 1.29 is 17.9 Å². The fourth-order valence-electron chi connectivity index (χ4n) is 1.57. The quantitative estimate of drug-likeness (QED) is 0.623. The number of carbonyl (C=O) groups is 1. The first-order chi connectivity index (χ1) is 9.82. The summed E-state index contributed by atoms with van der Waals surface area (Å²) in [5.41, 5.74) is 6.11. The van der Waals surface area contributed by atoms with E-state index in [9.17, 15) is 13.2 Å². The van der Waals surface area contributed by atoms with Gasteiger partial charge in [-0.15, -0.1) is 11.3 Å². The molecule has 0 spiro atoms. The van der Waals surface area contributed by atoms with E-state index >= 15 is 0 Å². The number of nitrogens with two attached hydrogens (primary N) is 1. The zero-order chi connectivity index (χ0) is 16.0. The van der Waals surface area contributed by atoms with E-state index in [4.69, 9.17) is 5.73 Å². The first-order valence-corrected chi connectivity index (χ1v) is 8.50. The molecule has 0 bridgehead atoms. The van der Waals surface area contributed by atoms with Crippen molar-refractivity contribution in [1.29, 1.82) is 0 Å². The van der Waals surface area contributed by atoms with Crippen LogP contribution in [0.25, 0.3) is 0 Å². The Morgan fingerprint density at radius 1 is 1.57 bits per heavy atom. The molecule has 1 aromatic heterocycles. The number of hydrogen-bond acceptors (Lipinski definition) is 6. The fraction of sp³-hybridized carbons (Fsp3) is 0.462. The standard InChI is InChI=1S/C13H18N2O4S2/c1-10(13(16)19-3)21(17,18)15(2)8-11-7-12(20-9-11)5-4-6-14/h7,9-10H,6,8,14H2,1-3H3. The van der Waals surface area contributed by atoms with E-state index in [0.29, 0.717) is 0 Å². The molecule has 1 unspecified atom stereocenters. The molecule has 1 aromatic rings. The number of methoxy groups -OCH3 is 1. The van der Waals surface area contributed by atoms with E-state index in [-0.39, 0.29) is 13.1 Å². The predicted molar refractivity (Wildman–Crippen MR) is 82.1 cm³/mol. The Morgan fingerprint density at radius 3 is 2.81 bits per heavy atom. The van der Waals surface area contributed by atoms with Crippen LogP contribution in [0.5, 0.6) is 0 Å². The molecule has 0 fully saturated rings. The lowest BCUT2D eigenvalue weighted by Gasteiger charge is -2.20. The van der Waals surface area contributed by atoms with Crippen molar-refractivity contribution in [3.05, 3.63) is 21.9 Å². The number of nitrogens with zero attached hydrogens (tertiary/aromatic N) is 1. The Bertz CT molecular complexity index is 655. The number of hydrogen-bond donors (Lipinski definition) is 1. The first-order valence-electron chi connectivity index (χ1n) is 6.12. The van der Waals surface area contributed by atoms with Crippen LogP contribution in [0.15, 0.2) is 11.4 Å². The van der Waals surface area contributed by atoms with E-state index in [1.54, 1.807) is 0 Å². The van der Waals surface area contributed by atoms with Gasteiger partial charge in [0.15, 0.2) is 5.25 Å². The summed E-state index contributed by atoms with van der Waals surface area (Å²) in [6.45, 7) is 1.76. The van der Waals surface area contributed by atoms with Crippen LogP contribution in [0.3, 0.4) is 0 Å². The zero-order valence-corrected chi connectivity index (χ0v) is 13.8. The van der Waals surface area contributed by atoms with Crippen LogP contribution < -0.4 is 5.73 Å². The summed E-state index contributed by atoms with van der Waals surface area (Å²) in [4.78, 5) is 12.2. The molecule has 0 aliphatic rings. The number of thiophene rings is 1. The maximum atomic E-state index is 12.2. The molecule has 116 valence electrons. The fourth-order valence-corrected chi connectivity index (χ4v) is 3.55. The van der Waals surface area contributed by atoms with Crippen molar-refractivity contribution in [3.8, 4) is 11.8 Å². The largest absolute Gasteiger partial charge is 0.468 e. The van der Waals surface area contributed by atoms with Crippen LogP contribution in [0.4, 0.5) is 0 Å². The Labute approximate surface area is 128 Å². The van der Waals surface area contributed by atoms with Crippen LogP contribution in [0.1, 0.15) is 17.4 Å². The molecule has 0 radical (unpaired) electrons. The second kappa shape index (κ2) is 7.56. The number of rotatable bonds is 5. The molecule has 0 aliphatic heterocycles. The molecule has 0 saturated carbocycles. The molecule has 21 heavy (non-hydrogen) atoms. The smallest absolute Gasteiger partial charge is 0.325 e. The predicted octanol–water partition coefficient (Wildman–Crippen LogP) is 0.381. The van der Waals surface area contributed by atoms with Gasteiger partial charge in [-0.3, -0.25) is 4.79 Å². The van der Waals surface area contributed by atoms with Gasteiger partial charge in [0.2, 0.25) is 10.0 Å². The molecular formula is C13H18N2O4S2. The molecule has 1 atom stereocenters. The van der Waals surface area contributed by atoms with Crippen LogP contribution >= 0.6 is 11.3 Å². The summed E-state index contributed by atoms with van der Waals surface area (Å²) in [5.74, 6) is 4.85. The normalized spacial score (nSPS) is 12.6. The third-order valence-electron chi connectivity index (χ3n) is 2.79. The van der Waals surface area contributed by atoms with Gasteiger partial charge in [0, 0.05) is 13.6 Å². The van der Waals surface area contributed by atoms with Crippen LogP contribution in [0, 0.1) is 11.8 Å². The lowest BCUT2D eigenvalue weighted by Crippen LogP contribution is -2.39. The minimum absolute atomic E-state index is 0.171. The van der Waals surface area contributed by atoms with Gasteiger partial charge in [0.1, 0.15) is 0 Å². The third kappa shape index (κ3) is 4.54. The monoisotopic (exact) mass is 330 g/mol. The lowest BCUT2D eigenvalue weighted by molar-refractivity contribution is -0.139. The highest BCUT2D eigenvalue weighted by Gasteiger charge is 2.32. The van der Waals surface area contributed by atoms with Crippen molar-refractivity contribution in [2.75, 3.05) is 20.7 Å². The molecule has 1 rings (SSSR count). The molecule has 6 nitrogen and oxygen atoms in total. The Hall–Kier alpha value is -1.40. The number of sulfonamides is 1. The highest BCUT2D eigenvalue weighted by atomic mass is 32.2. The second-order valence-electron chi connectivity index (χ2n) is 4.29. The van der Waals surface area contributed by atoms with Crippen molar-refractivity contribution in [2.45, 2.75) is 18.7 Å². The van der Waals surface area contributed by atoms with E-state index in [2.05, 4.69) is 16.6 Å². The van der Waals surface area contributed by atoms with Crippen LogP contribution in [-0.4, -0.2) is 44.6 Å². The van der Waals surface area contributed by atoms with Crippen LogP contribution in [-0.2, 0) is 26.1 Å². The summed E-state index contributed by atoms with van der Waals surface area (Å²) in [5, 5.41) is 0.595. The average Bonchev–Trinajstić information content (AvgIpc) is 2.90. The molecule has 1 heterocycles. The molecular weight excluding hydrogens is 312 g/mol. The van der Waals surface area contributed by atoms with Crippen molar-refractivity contribution in [2.24, 2.45) is 5.73 Å². The summed E-state index contributed by atoms with van der Waals surface area (Å²) in [6.07, 6.45) is 0. The molecule has 2 N–H and O–H groups in total. The SMILES string of the molecule is COC(=O)C(C)S(=O)(=O)N(C)Cc1csc(C#CCN)c1. The third-order valence-corrected chi connectivity index (χ3v) is 5.77. The summed E-state index contributed by atoms with van der Waals surface area (Å²) < 4.78 is 30.0. The lowest BCUT2D eigenvalue weighted by atomic mass is 10.3. The van der Waals surface area contributed by atoms with E-state index in [1.807, 2.05) is 11.4 Å². The highest BCUT2D eigenvalue weighted by Crippen LogP contribution is 2.18. The van der Waals surface area contributed by atoms with E-state index in [0.717, 1.165) is 21.9 Å². The summed E-state index contributed by atoms with van der Waals surface area (Å²) >= 11 is 1.42. The van der Waals surface area contributed by atoms with Gasteiger partial charge < -0.3 is 10.5 Å². The van der Waals surface area contributed by atoms with Gasteiger partial charge in [-0.05, 0) is 23.9 Å². The summed E-state index contributed by atoms with van der Waals surface area (Å²) in [7, 11) is -1.16. The van der Waals surface area contributed by atoms with E-state index in [1.165, 1.54) is 25.3 Å². The van der Waals surface area contributed by atoms with Gasteiger partial charge in [0.05, 0.1) is 18.5 Å². The van der Waals surface area contributed by atoms with Gasteiger partial charge in [0.25, 0.3) is 0 Å². The Morgan fingerprint density at radius 2 is 2.24 bits per heavy atom. The van der Waals surface area contributed by atoms with Gasteiger partial charge in [-0.25, -0.2) is 8.42 Å². The zero-order valence-electron chi connectivity index (χ0n) is 12.1. The Kier molecular flexibility index (Phi) is 6.36. The molecule has 0 aromatic carbocycles. The first kappa shape index (κ1) is 17.7. The van der Waals surface area contributed by atoms with Gasteiger partial charge >= 0.3 is 5.97 Å². The molecule has 0 amide bonds. The Balaban J connectivity index is 2.83. The van der Waals surface area contributed by atoms with Gasteiger partial charge in [-0.1, -0.05) is 11.8 Å². The number of ether oxygens (including phenoxy) is 1. The van der Waals surface area contributed by atoms with Crippen molar-refractivity contribution >= 4 is 27.3 Å². The average molecular weight is 330 g/mol. The van der Waals surface area contributed by atoms with Gasteiger partial charge in [-0.2, -0.15) is 4.31 Å². The van der Waals surface area contributed by atoms with Crippen molar-refractivity contribution in [3.63, 3.8) is 0 Å². The minimum atomic E-state index is -3.75. The molecule has 8 heteroatoms. The maximum absolute atomic E-state index is 12.2. The molecule has 0 aliphatic carbocycles. The minimum Gasteiger partial charge on any atom is -0.468 e. The maximum Gasteiger partial charge on any atom is 0.325 e. The number of esters is 1. The summed E-state index contributed by atoms with van der Waals surface area (Å²) in [6, 6.07) is 1.81. The van der Waals surface area contributed by atoms with Crippen molar-refractivity contribution in [1.82, 2.24) is 4.31 Å². The number of carbonyl (C=O) groups excluding carboxylic acids is 1. The highest BCUT2D eigenvalue weighted by molar-refractivity contribution is 7.90. The van der Waals surface area contributed by atoms with Crippen LogP contribution in [0.2, 0.25) is 0 Å². The second-order valence-corrected chi connectivity index (χ2v) is 7.56. The molecule has 0 saturated heterocycles.